The highest BCUT2D eigenvalue weighted by Gasteiger charge is 2.68. The van der Waals surface area contributed by atoms with Gasteiger partial charge < -0.3 is 5.32 Å². The van der Waals surface area contributed by atoms with Gasteiger partial charge in [0.05, 0.1) is 16.8 Å². The highest BCUT2D eigenvalue weighted by atomic mass is 35.5. The van der Waals surface area contributed by atoms with Crippen LogP contribution in [0.3, 0.4) is 0 Å². The number of amides is 1. The molecule has 0 saturated heterocycles. The third-order valence-corrected chi connectivity index (χ3v) is 6.87. The number of rotatable bonds is 2. The van der Waals surface area contributed by atoms with Gasteiger partial charge in [-0.3, -0.25) is 4.79 Å². The van der Waals surface area contributed by atoms with E-state index in [1.807, 2.05) is 45.0 Å². The number of benzene rings is 1. The zero-order valence-electron chi connectivity index (χ0n) is 15.8. The van der Waals surface area contributed by atoms with E-state index in [1.54, 1.807) is 6.07 Å². The Morgan fingerprint density at radius 1 is 1.25 bits per heavy atom. The summed E-state index contributed by atoms with van der Waals surface area (Å²) in [5, 5.41) is 22.3. The maximum Gasteiger partial charge on any atom is 0.237 e. The Kier molecular flexibility index (Phi) is 3.96. The van der Waals surface area contributed by atoms with Crippen LogP contribution in [0.4, 0.5) is 5.69 Å². The fourth-order valence-electron chi connectivity index (χ4n) is 4.83. The van der Waals surface area contributed by atoms with Gasteiger partial charge >= 0.3 is 0 Å². The largest absolute Gasteiger partial charge is 0.325 e. The number of hydrogen-bond donors (Lipinski definition) is 1. The molecule has 2 atom stereocenters. The van der Waals surface area contributed by atoms with Gasteiger partial charge in [0.15, 0.2) is 11.4 Å². The van der Waals surface area contributed by atoms with Gasteiger partial charge in [-0.25, -0.2) is 9.97 Å². The van der Waals surface area contributed by atoms with Crippen molar-refractivity contribution in [2.75, 3.05) is 5.32 Å². The van der Waals surface area contributed by atoms with Crippen molar-refractivity contribution in [2.24, 2.45) is 5.41 Å². The van der Waals surface area contributed by atoms with E-state index in [9.17, 15) is 15.3 Å². The second kappa shape index (κ2) is 6.02. The van der Waals surface area contributed by atoms with Crippen LogP contribution in [0.1, 0.15) is 60.9 Å². The average molecular weight is 392 g/mol. The van der Waals surface area contributed by atoms with Gasteiger partial charge in [0.25, 0.3) is 0 Å². The number of fused-ring (bicyclic) bond motifs is 5. The number of anilines is 1. The minimum absolute atomic E-state index is 0.0159. The zero-order valence-corrected chi connectivity index (χ0v) is 16.6. The molecule has 1 N–H and O–H groups in total. The van der Waals surface area contributed by atoms with Gasteiger partial charge in [-0.05, 0) is 42.9 Å². The topological polar surface area (TPSA) is 102 Å². The molecule has 2 aliphatic rings. The third kappa shape index (κ3) is 2.22. The van der Waals surface area contributed by atoms with Crippen LogP contribution in [0.2, 0.25) is 5.02 Å². The zero-order chi connectivity index (χ0) is 20.3. The van der Waals surface area contributed by atoms with E-state index < -0.39 is 10.8 Å². The molecule has 6 nitrogen and oxygen atoms in total. The summed E-state index contributed by atoms with van der Waals surface area (Å²) in [6, 6.07) is 9.28. The van der Waals surface area contributed by atoms with Gasteiger partial charge in [0, 0.05) is 16.6 Å². The van der Waals surface area contributed by atoms with Gasteiger partial charge in [-0.2, -0.15) is 10.5 Å². The Bertz CT molecular complexity index is 1110. The first-order valence-electron chi connectivity index (χ1n) is 9.06. The van der Waals surface area contributed by atoms with E-state index in [0.717, 1.165) is 12.0 Å². The lowest BCUT2D eigenvalue weighted by Gasteiger charge is -2.36. The van der Waals surface area contributed by atoms with Crippen molar-refractivity contribution >= 4 is 23.2 Å². The number of hydrogen-bond acceptors (Lipinski definition) is 5. The van der Waals surface area contributed by atoms with Crippen LogP contribution in [0.25, 0.3) is 0 Å². The Morgan fingerprint density at radius 3 is 2.57 bits per heavy atom. The molecule has 2 aliphatic carbocycles. The summed E-state index contributed by atoms with van der Waals surface area (Å²) in [6.07, 6.45) is 1.40. The van der Waals surface area contributed by atoms with E-state index in [1.165, 1.54) is 0 Å². The van der Waals surface area contributed by atoms with Crippen molar-refractivity contribution in [3.63, 3.8) is 0 Å². The highest BCUT2D eigenvalue weighted by molar-refractivity contribution is 6.31. The van der Waals surface area contributed by atoms with E-state index in [2.05, 4.69) is 15.3 Å². The molecule has 1 saturated carbocycles. The van der Waals surface area contributed by atoms with E-state index in [4.69, 9.17) is 11.6 Å². The van der Waals surface area contributed by atoms with Gasteiger partial charge in [-0.1, -0.05) is 31.5 Å². The quantitative estimate of drug-likeness (QED) is 0.834. The molecule has 2 aromatic rings. The summed E-state index contributed by atoms with van der Waals surface area (Å²) in [4.78, 5) is 22.4. The van der Waals surface area contributed by atoms with Crippen molar-refractivity contribution in [2.45, 2.75) is 44.9 Å². The lowest BCUT2D eigenvalue weighted by molar-refractivity contribution is -0.124. The Balaban J connectivity index is 1.84. The fourth-order valence-corrected chi connectivity index (χ4v) is 5.01. The molecule has 4 rings (SSSR count). The van der Waals surface area contributed by atoms with Crippen LogP contribution in [0.15, 0.2) is 18.2 Å². The van der Waals surface area contributed by atoms with Gasteiger partial charge in [0.2, 0.25) is 5.91 Å². The number of nitriles is 2. The van der Waals surface area contributed by atoms with Crippen LogP contribution < -0.4 is 5.32 Å². The first-order chi connectivity index (χ1) is 13.3. The summed E-state index contributed by atoms with van der Waals surface area (Å²) in [5.74, 6) is -0.163. The predicted octanol–water partition coefficient (Wildman–Crippen LogP) is 3.98. The molecule has 140 valence electrons. The Hall–Kier alpha value is -2.96. The minimum Gasteiger partial charge on any atom is -0.325 e. The molecule has 0 spiro atoms. The fraction of sp³-hybridized carbons (Fsp3) is 0.381. The maximum atomic E-state index is 13.6. The smallest absolute Gasteiger partial charge is 0.237 e. The molecule has 2 bridgehead atoms. The molecule has 1 aromatic heterocycles. The second-order valence-electron chi connectivity index (χ2n) is 8.01. The number of aryl methyl sites for hydroxylation is 1. The number of carbonyl (C=O) groups excluding carboxylic acids is 1. The van der Waals surface area contributed by atoms with Gasteiger partial charge in [0.1, 0.15) is 12.1 Å². The average Bonchev–Trinajstić information content (AvgIpc) is 3.05. The van der Waals surface area contributed by atoms with Crippen molar-refractivity contribution in [1.29, 1.82) is 10.5 Å². The molecule has 1 fully saturated rings. The summed E-state index contributed by atoms with van der Waals surface area (Å²) in [6.45, 7) is 5.97. The first kappa shape index (κ1) is 18.4. The molecule has 0 radical (unpaired) electrons. The third-order valence-electron chi connectivity index (χ3n) is 6.47. The number of carbonyl (C=O) groups is 1. The number of halogens is 1. The standard InChI is InChI=1S/C21H18ClN5O/c1-11-4-5-12(8-14(11)22)25-19(28)21-7-6-13(20(21,2)3)17-18(21)27-16(10-24)15(9-23)26-17/h4-5,8,13H,6-7H2,1-3H3,(H,25,28). The van der Waals surface area contributed by atoms with Crippen LogP contribution >= 0.6 is 11.6 Å². The summed E-state index contributed by atoms with van der Waals surface area (Å²) in [5.41, 5.74) is 1.39. The Morgan fingerprint density at radius 2 is 1.93 bits per heavy atom. The van der Waals surface area contributed by atoms with E-state index in [-0.39, 0.29) is 23.2 Å². The second-order valence-corrected chi connectivity index (χ2v) is 8.42. The Labute approximate surface area is 168 Å². The summed E-state index contributed by atoms with van der Waals surface area (Å²) >= 11 is 6.20. The van der Waals surface area contributed by atoms with Crippen LogP contribution in [0, 0.1) is 35.0 Å². The van der Waals surface area contributed by atoms with E-state index in [0.29, 0.717) is 28.5 Å². The molecule has 0 aliphatic heterocycles. The van der Waals surface area contributed by atoms with Crippen LogP contribution in [-0.2, 0) is 10.2 Å². The van der Waals surface area contributed by atoms with Crippen molar-refractivity contribution in [3.8, 4) is 12.1 Å². The van der Waals surface area contributed by atoms with Crippen LogP contribution in [-0.4, -0.2) is 15.9 Å². The van der Waals surface area contributed by atoms with Crippen molar-refractivity contribution in [3.05, 3.63) is 51.6 Å². The van der Waals surface area contributed by atoms with E-state index >= 15 is 0 Å². The van der Waals surface area contributed by atoms with Crippen LogP contribution in [0.5, 0.6) is 0 Å². The lowest BCUT2D eigenvalue weighted by Crippen LogP contribution is -2.46. The molecule has 1 amide bonds. The lowest BCUT2D eigenvalue weighted by atomic mass is 9.67. The normalized spacial score (nSPS) is 23.6. The molecule has 28 heavy (non-hydrogen) atoms. The number of aromatic nitrogens is 2. The molecular formula is C21H18ClN5O. The monoisotopic (exact) mass is 391 g/mol. The highest BCUT2D eigenvalue weighted by Crippen LogP contribution is 2.67. The summed E-state index contributed by atoms with van der Waals surface area (Å²) in [7, 11) is 0. The molecular weight excluding hydrogens is 374 g/mol. The predicted molar refractivity (Wildman–Crippen MR) is 104 cm³/mol. The molecule has 2 unspecified atom stereocenters. The number of nitrogens with zero attached hydrogens (tertiary/aromatic N) is 4. The maximum absolute atomic E-state index is 13.6. The molecule has 1 aromatic carbocycles. The first-order valence-corrected chi connectivity index (χ1v) is 9.44. The van der Waals surface area contributed by atoms with Crippen molar-refractivity contribution < 1.29 is 4.79 Å². The summed E-state index contributed by atoms with van der Waals surface area (Å²) < 4.78 is 0. The molecule has 7 heteroatoms. The number of nitrogens with one attached hydrogen (secondary N) is 1. The SMILES string of the molecule is Cc1ccc(NC(=O)C23CCC(c4nc(C#N)c(C#N)nc42)C3(C)C)cc1Cl. The molecule has 1 heterocycles. The van der Waals surface area contributed by atoms with Crippen molar-refractivity contribution in [1.82, 2.24) is 9.97 Å². The minimum atomic E-state index is -0.906. The van der Waals surface area contributed by atoms with Gasteiger partial charge in [-0.15, -0.1) is 0 Å².